The summed E-state index contributed by atoms with van der Waals surface area (Å²) >= 11 is 4.48. The van der Waals surface area contributed by atoms with Gasteiger partial charge in [0.05, 0.1) is 6.61 Å². The summed E-state index contributed by atoms with van der Waals surface area (Å²) in [5.74, 6) is 0.923. The van der Waals surface area contributed by atoms with E-state index in [1.807, 2.05) is 0 Å². The van der Waals surface area contributed by atoms with Gasteiger partial charge in [-0.15, -0.1) is 0 Å². The van der Waals surface area contributed by atoms with Crippen molar-refractivity contribution in [1.29, 1.82) is 0 Å². The Morgan fingerprint density at radius 1 is 1.12 bits per heavy atom. The molecule has 1 aliphatic heterocycles. The van der Waals surface area contributed by atoms with Crippen molar-refractivity contribution in [3.05, 3.63) is 0 Å². The quantitative estimate of drug-likeness (QED) is 0.503. The average molecular weight is 260 g/mol. The van der Waals surface area contributed by atoms with Crippen LogP contribution in [0.1, 0.15) is 51.9 Å². The van der Waals surface area contributed by atoms with E-state index in [2.05, 4.69) is 19.6 Å². The maximum atomic E-state index is 5.84. The molecule has 102 valence electrons. The molecular formula is C14H28O2S. The van der Waals surface area contributed by atoms with Crippen molar-refractivity contribution in [2.45, 2.75) is 51.9 Å². The Hall–Kier alpha value is 0.270. The Bertz CT molecular complexity index is 179. The summed E-state index contributed by atoms with van der Waals surface area (Å²) in [7, 11) is 0. The van der Waals surface area contributed by atoms with Crippen LogP contribution < -0.4 is 0 Å². The summed E-state index contributed by atoms with van der Waals surface area (Å²) in [5, 5.41) is 0. The maximum absolute atomic E-state index is 5.84. The van der Waals surface area contributed by atoms with Gasteiger partial charge >= 0.3 is 0 Å². The van der Waals surface area contributed by atoms with Crippen LogP contribution in [-0.2, 0) is 9.47 Å². The summed E-state index contributed by atoms with van der Waals surface area (Å²) < 4.78 is 11.3. The fourth-order valence-electron chi connectivity index (χ4n) is 2.25. The third-order valence-electron chi connectivity index (χ3n) is 3.69. The van der Waals surface area contributed by atoms with E-state index >= 15 is 0 Å². The lowest BCUT2D eigenvalue weighted by Crippen LogP contribution is -2.35. The van der Waals surface area contributed by atoms with Crippen molar-refractivity contribution in [3.8, 4) is 0 Å². The molecule has 0 unspecified atom stereocenters. The van der Waals surface area contributed by atoms with Crippen molar-refractivity contribution in [2.75, 3.05) is 32.2 Å². The van der Waals surface area contributed by atoms with Gasteiger partial charge in [0.2, 0.25) is 0 Å². The molecule has 1 saturated heterocycles. The molecular weight excluding hydrogens is 232 g/mol. The second-order valence-corrected chi connectivity index (χ2v) is 5.55. The minimum absolute atomic E-state index is 0.283. The van der Waals surface area contributed by atoms with Gasteiger partial charge in [-0.25, -0.2) is 0 Å². The van der Waals surface area contributed by atoms with E-state index < -0.39 is 0 Å². The lowest BCUT2D eigenvalue weighted by Gasteiger charge is -2.35. The molecule has 0 bridgehead atoms. The lowest BCUT2D eigenvalue weighted by atomic mass is 9.83. The van der Waals surface area contributed by atoms with Crippen LogP contribution in [0.25, 0.3) is 0 Å². The van der Waals surface area contributed by atoms with Crippen LogP contribution in [0.15, 0.2) is 0 Å². The smallest absolute Gasteiger partial charge is 0.0531 e. The second-order valence-electron chi connectivity index (χ2n) is 5.24. The molecule has 0 N–H and O–H groups in total. The van der Waals surface area contributed by atoms with Crippen LogP contribution in [0.3, 0.4) is 0 Å². The van der Waals surface area contributed by atoms with Gasteiger partial charge in [-0.1, -0.05) is 32.6 Å². The van der Waals surface area contributed by atoms with Gasteiger partial charge in [0.25, 0.3) is 0 Å². The number of hydrogen-bond acceptors (Lipinski definition) is 3. The Balaban J connectivity index is 2.03. The van der Waals surface area contributed by atoms with Crippen LogP contribution in [0, 0.1) is 5.41 Å². The first-order valence-electron chi connectivity index (χ1n) is 7.09. The summed E-state index contributed by atoms with van der Waals surface area (Å²) in [4.78, 5) is 0. The minimum atomic E-state index is 0.283. The third kappa shape index (κ3) is 6.12. The highest BCUT2D eigenvalue weighted by Crippen LogP contribution is 2.32. The maximum Gasteiger partial charge on any atom is 0.0531 e. The summed E-state index contributed by atoms with van der Waals surface area (Å²) in [6, 6.07) is 0. The Labute approximate surface area is 112 Å². The van der Waals surface area contributed by atoms with E-state index in [4.69, 9.17) is 9.47 Å². The normalized spacial score (nSPS) is 19.4. The van der Waals surface area contributed by atoms with Crippen molar-refractivity contribution in [2.24, 2.45) is 5.41 Å². The van der Waals surface area contributed by atoms with Crippen LogP contribution in [0.5, 0.6) is 0 Å². The summed E-state index contributed by atoms with van der Waals surface area (Å²) in [5.41, 5.74) is 0.283. The summed E-state index contributed by atoms with van der Waals surface area (Å²) in [6.45, 7) is 5.78. The number of ether oxygens (including phenoxy) is 2. The zero-order valence-corrected chi connectivity index (χ0v) is 12.1. The van der Waals surface area contributed by atoms with E-state index in [0.717, 1.165) is 45.0 Å². The third-order valence-corrected chi connectivity index (χ3v) is 4.36. The van der Waals surface area contributed by atoms with E-state index in [0.29, 0.717) is 0 Å². The van der Waals surface area contributed by atoms with Gasteiger partial charge in [0.1, 0.15) is 0 Å². The summed E-state index contributed by atoms with van der Waals surface area (Å²) in [6.07, 6.45) is 8.75. The molecule has 0 radical (unpaired) electrons. The first-order chi connectivity index (χ1) is 8.33. The van der Waals surface area contributed by atoms with Crippen molar-refractivity contribution < 1.29 is 9.47 Å². The van der Waals surface area contributed by atoms with Gasteiger partial charge in [0.15, 0.2) is 0 Å². The standard InChI is InChI=1S/C14H28O2S/c1-2-3-4-5-6-9-16-12-14(13-17)7-10-15-11-8-14/h17H,2-13H2,1H3. The molecule has 0 atom stereocenters. The Morgan fingerprint density at radius 2 is 1.82 bits per heavy atom. The molecule has 3 heteroatoms. The van der Waals surface area contributed by atoms with Crippen molar-refractivity contribution >= 4 is 12.6 Å². The predicted octanol–water partition coefficient (Wildman–Crippen LogP) is 3.70. The molecule has 0 aromatic heterocycles. The Kier molecular flexibility index (Phi) is 8.33. The first kappa shape index (κ1) is 15.3. The zero-order chi connectivity index (χ0) is 12.4. The van der Waals surface area contributed by atoms with Crippen LogP contribution in [-0.4, -0.2) is 32.2 Å². The van der Waals surface area contributed by atoms with Crippen LogP contribution in [0.2, 0.25) is 0 Å². The molecule has 17 heavy (non-hydrogen) atoms. The highest BCUT2D eigenvalue weighted by molar-refractivity contribution is 7.80. The van der Waals surface area contributed by atoms with Gasteiger partial charge in [0, 0.05) is 25.2 Å². The largest absolute Gasteiger partial charge is 0.381 e. The molecule has 0 aromatic carbocycles. The molecule has 0 aliphatic carbocycles. The Morgan fingerprint density at radius 3 is 2.47 bits per heavy atom. The molecule has 0 amide bonds. The van der Waals surface area contributed by atoms with Gasteiger partial charge < -0.3 is 9.47 Å². The van der Waals surface area contributed by atoms with Crippen molar-refractivity contribution in [1.82, 2.24) is 0 Å². The molecule has 1 rings (SSSR count). The van der Waals surface area contributed by atoms with E-state index in [1.165, 1.54) is 32.1 Å². The van der Waals surface area contributed by atoms with Crippen LogP contribution in [0.4, 0.5) is 0 Å². The highest BCUT2D eigenvalue weighted by Gasteiger charge is 2.31. The van der Waals surface area contributed by atoms with E-state index in [1.54, 1.807) is 0 Å². The fourth-order valence-corrected chi connectivity index (χ4v) is 2.66. The molecule has 1 heterocycles. The predicted molar refractivity (Wildman–Crippen MR) is 75.9 cm³/mol. The van der Waals surface area contributed by atoms with Gasteiger partial charge in [-0.2, -0.15) is 12.6 Å². The molecule has 0 spiro atoms. The SMILES string of the molecule is CCCCCCCOCC1(CS)CCOCC1. The number of hydrogen-bond donors (Lipinski definition) is 1. The molecule has 0 aromatic rings. The van der Waals surface area contributed by atoms with Gasteiger partial charge in [-0.05, 0) is 25.0 Å². The first-order valence-corrected chi connectivity index (χ1v) is 7.72. The van der Waals surface area contributed by atoms with E-state index in [-0.39, 0.29) is 5.41 Å². The highest BCUT2D eigenvalue weighted by atomic mass is 32.1. The monoisotopic (exact) mass is 260 g/mol. The van der Waals surface area contributed by atoms with E-state index in [9.17, 15) is 0 Å². The van der Waals surface area contributed by atoms with Gasteiger partial charge in [-0.3, -0.25) is 0 Å². The molecule has 2 nitrogen and oxygen atoms in total. The van der Waals surface area contributed by atoms with Crippen LogP contribution >= 0.6 is 12.6 Å². The minimum Gasteiger partial charge on any atom is -0.381 e. The lowest BCUT2D eigenvalue weighted by molar-refractivity contribution is -0.0276. The number of thiol groups is 1. The number of rotatable bonds is 9. The zero-order valence-electron chi connectivity index (χ0n) is 11.2. The average Bonchev–Trinajstić information content (AvgIpc) is 2.39. The van der Waals surface area contributed by atoms with Crippen molar-refractivity contribution in [3.63, 3.8) is 0 Å². The fraction of sp³-hybridized carbons (Fsp3) is 1.00. The molecule has 1 fully saturated rings. The molecule has 1 aliphatic rings. The second kappa shape index (κ2) is 9.23. The topological polar surface area (TPSA) is 18.5 Å². The number of unbranched alkanes of at least 4 members (excludes halogenated alkanes) is 4. The molecule has 0 saturated carbocycles.